The van der Waals surface area contributed by atoms with E-state index < -0.39 is 12.0 Å². The molecule has 2 atom stereocenters. The Labute approximate surface area is 215 Å². The number of piperidine rings is 2. The van der Waals surface area contributed by atoms with Crippen LogP contribution < -0.4 is 11.1 Å². The van der Waals surface area contributed by atoms with Crippen LogP contribution in [0.3, 0.4) is 0 Å². The number of likely N-dealkylation sites (tertiary alicyclic amines) is 2. The van der Waals surface area contributed by atoms with Crippen LogP contribution in [-0.4, -0.2) is 83.7 Å². The first-order valence-electron chi connectivity index (χ1n) is 12.4. The first kappa shape index (κ1) is 30.7. The number of carboxylic acids is 1. The Bertz CT molecular complexity index is 643. The Morgan fingerprint density at radius 2 is 1.68 bits per heavy atom. The Hall–Kier alpha value is -1.29. The molecule has 1 aliphatic carbocycles. The highest BCUT2D eigenvalue weighted by atomic mass is 35.5. The van der Waals surface area contributed by atoms with Crippen molar-refractivity contribution in [3.05, 3.63) is 0 Å². The molecule has 11 heteroatoms. The van der Waals surface area contributed by atoms with Crippen molar-refractivity contribution >= 4 is 42.7 Å². The summed E-state index contributed by atoms with van der Waals surface area (Å²) >= 11 is 0. The fraction of sp³-hybridized carbons (Fsp3) is 0.870. The largest absolute Gasteiger partial charge is 0.481 e. The maximum Gasteiger partial charge on any atom is 0.305 e. The maximum atomic E-state index is 13.3. The first-order valence-corrected chi connectivity index (χ1v) is 12.4. The molecule has 5 N–H and O–H groups in total. The molecule has 0 radical (unpaired) electrons. The van der Waals surface area contributed by atoms with E-state index in [1.54, 1.807) is 0 Å². The lowest BCUT2D eigenvalue weighted by atomic mass is 9.97. The molecular weight excluding hydrogens is 481 g/mol. The number of nitrogens with zero attached hydrogens (tertiary/aromatic N) is 2. The van der Waals surface area contributed by atoms with Gasteiger partial charge in [-0.1, -0.05) is 12.8 Å². The van der Waals surface area contributed by atoms with Gasteiger partial charge < -0.3 is 30.7 Å². The van der Waals surface area contributed by atoms with Crippen molar-refractivity contribution in [2.45, 2.75) is 88.8 Å². The minimum atomic E-state index is -0.934. The topological polar surface area (TPSA) is 132 Å². The van der Waals surface area contributed by atoms with Crippen molar-refractivity contribution in [1.82, 2.24) is 15.1 Å². The summed E-state index contributed by atoms with van der Waals surface area (Å²) in [6.45, 7) is 3.51. The number of hydrogen-bond acceptors (Lipinski definition) is 5. The van der Waals surface area contributed by atoms with Crippen LogP contribution in [0.1, 0.15) is 70.6 Å². The van der Waals surface area contributed by atoms with Crippen LogP contribution in [0.15, 0.2) is 0 Å². The number of carbonyl (C=O) groups excluding carboxylic acids is 1. The van der Waals surface area contributed by atoms with Crippen molar-refractivity contribution in [3.8, 4) is 0 Å². The first-order chi connectivity index (χ1) is 15.4. The number of carboxylic acid groups (broad SMARTS) is 1. The van der Waals surface area contributed by atoms with Crippen LogP contribution in [0.2, 0.25) is 0 Å². The lowest BCUT2D eigenvalue weighted by Gasteiger charge is -2.38. The number of nitrogens with two attached hydrogens (primary N) is 1. The fourth-order valence-corrected chi connectivity index (χ4v) is 5.37. The molecule has 3 aliphatic rings. The van der Waals surface area contributed by atoms with E-state index >= 15 is 0 Å². The summed E-state index contributed by atoms with van der Waals surface area (Å²) < 4.78 is 6.10. The molecule has 0 aromatic carbocycles. The van der Waals surface area contributed by atoms with Gasteiger partial charge in [0.25, 0.3) is 0 Å². The van der Waals surface area contributed by atoms with Crippen molar-refractivity contribution in [3.63, 3.8) is 0 Å². The summed E-state index contributed by atoms with van der Waals surface area (Å²) in [4.78, 5) is 28.5. The summed E-state index contributed by atoms with van der Waals surface area (Å²) in [6, 6.07) is -0.538. The predicted molar refractivity (Wildman–Crippen MR) is 137 cm³/mol. The van der Waals surface area contributed by atoms with Gasteiger partial charge in [-0.15, -0.1) is 24.8 Å². The van der Waals surface area contributed by atoms with Gasteiger partial charge in [0.1, 0.15) is 0 Å². The lowest BCUT2D eigenvalue weighted by molar-refractivity contribution is -0.144. The van der Waals surface area contributed by atoms with E-state index in [1.807, 2.05) is 9.80 Å². The number of carbonyl (C=O) groups is 2. The van der Waals surface area contributed by atoms with Gasteiger partial charge in [0, 0.05) is 32.3 Å². The summed E-state index contributed by atoms with van der Waals surface area (Å²) in [5.41, 5.74) is 5.55. The summed E-state index contributed by atoms with van der Waals surface area (Å²) in [7, 11) is 0. The van der Waals surface area contributed by atoms with E-state index in [0.29, 0.717) is 19.1 Å². The molecule has 3 rings (SSSR count). The molecule has 2 heterocycles. The standard InChI is InChI=1S/C23H41N5O4.2ClH/c24-23(25)27-12-8-19(9-13-27)32-14-10-18-7-3-4-11-28(18)22(31)20(15-21(29)30)26-16-17-5-1-2-6-17;;/h17-20,26H,1-16H2,(H3,24,25)(H,29,30);2*1H/t18?,20-;;/m0../s1. The van der Waals surface area contributed by atoms with Gasteiger partial charge in [0.05, 0.1) is 18.6 Å². The van der Waals surface area contributed by atoms with Crippen LogP contribution in [-0.2, 0) is 14.3 Å². The summed E-state index contributed by atoms with van der Waals surface area (Å²) in [5.74, 6) is -0.322. The molecule has 3 fully saturated rings. The van der Waals surface area contributed by atoms with E-state index in [1.165, 1.54) is 12.8 Å². The van der Waals surface area contributed by atoms with Gasteiger partial charge in [-0.25, -0.2) is 0 Å². The summed E-state index contributed by atoms with van der Waals surface area (Å²) in [6.07, 6.45) is 10.3. The molecule has 0 aromatic heterocycles. The normalized spacial score (nSPS) is 22.5. The number of halogens is 2. The van der Waals surface area contributed by atoms with Gasteiger partial charge in [0.2, 0.25) is 5.91 Å². The van der Waals surface area contributed by atoms with Crippen LogP contribution >= 0.6 is 24.8 Å². The van der Waals surface area contributed by atoms with E-state index in [2.05, 4.69) is 5.32 Å². The van der Waals surface area contributed by atoms with Crippen molar-refractivity contribution in [2.24, 2.45) is 11.7 Å². The van der Waals surface area contributed by atoms with Crippen molar-refractivity contribution in [2.75, 3.05) is 32.8 Å². The van der Waals surface area contributed by atoms with E-state index in [-0.39, 0.29) is 55.2 Å². The second kappa shape index (κ2) is 15.7. The molecule has 1 saturated carbocycles. The highest BCUT2D eigenvalue weighted by molar-refractivity contribution is 5.86. The molecule has 2 saturated heterocycles. The average Bonchev–Trinajstić information content (AvgIpc) is 3.30. The van der Waals surface area contributed by atoms with Crippen LogP contribution in [0.4, 0.5) is 0 Å². The molecule has 2 aliphatic heterocycles. The Balaban J connectivity index is 0.00000289. The molecule has 198 valence electrons. The molecule has 1 unspecified atom stereocenters. The Morgan fingerprint density at radius 3 is 2.29 bits per heavy atom. The van der Waals surface area contributed by atoms with Gasteiger partial charge in [-0.05, 0) is 63.8 Å². The minimum Gasteiger partial charge on any atom is -0.481 e. The SMILES string of the molecule is Cl.Cl.N=C(N)N1CCC(OCCC2CCCCN2C(=O)[C@H](CC(=O)O)NCC2CCCC2)CC1. The quantitative estimate of drug-likeness (QED) is 0.255. The van der Waals surface area contributed by atoms with E-state index in [9.17, 15) is 14.7 Å². The zero-order valence-electron chi connectivity index (χ0n) is 20.1. The smallest absolute Gasteiger partial charge is 0.305 e. The van der Waals surface area contributed by atoms with Crippen molar-refractivity contribution < 1.29 is 19.4 Å². The predicted octanol–water partition coefficient (Wildman–Crippen LogP) is 2.60. The second-order valence-corrected chi connectivity index (χ2v) is 9.62. The third-order valence-corrected chi connectivity index (χ3v) is 7.30. The highest BCUT2D eigenvalue weighted by Gasteiger charge is 2.33. The highest BCUT2D eigenvalue weighted by Crippen LogP contribution is 2.25. The third-order valence-electron chi connectivity index (χ3n) is 7.30. The number of ether oxygens (including phenoxy) is 1. The zero-order valence-corrected chi connectivity index (χ0v) is 21.7. The number of hydrogen-bond donors (Lipinski definition) is 4. The van der Waals surface area contributed by atoms with Gasteiger partial charge in [-0.2, -0.15) is 0 Å². The lowest BCUT2D eigenvalue weighted by Crippen LogP contribution is -2.53. The average molecular weight is 525 g/mol. The van der Waals surface area contributed by atoms with Crippen LogP contribution in [0, 0.1) is 11.3 Å². The van der Waals surface area contributed by atoms with Crippen LogP contribution in [0.25, 0.3) is 0 Å². The van der Waals surface area contributed by atoms with E-state index in [4.69, 9.17) is 15.9 Å². The number of nitrogens with one attached hydrogen (secondary N) is 2. The number of rotatable bonds is 10. The monoisotopic (exact) mass is 523 g/mol. The number of guanidine groups is 1. The molecule has 0 spiro atoms. The molecule has 0 bridgehead atoms. The minimum absolute atomic E-state index is 0. The van der Waals surface area contributed by atoms with Gasteiger partial charge in [-0.3, -0.25) is 15.0 Å². The number of aliphatic carboxylic acids is 1. The molecular formula is C23H43Cl2N5O4. The molecule has 9 nitrogen and oxygen atoms in total. The molecule has 0 aromatic rings. The Morgan fingerprint density at radius 1 is 1.03 bits per heavy atom. The maximum absolute atomic E-state index is 13.3. The summed E-state index contributed by atoms with van der Waals surface area (Å²) in [5, 5.41) is 20.2. The van der Waals surface area contributed by atoms with Gasteiger partial charge >= 0.3 is 5.97 Å². The number of amides is 1. The van der Waals surface area contributed by atoms with E-state index in [0.717, 1.165) is 71.0 Å². The van der Waals surface area contributed by atoms with Crippen molar-refractivity contribution in [1.29, 1.82) is 5.41 Å². The third kappa shape index (κ3) is 9.40. The fourth-order valence-electron chi connectivity index (χ4n) is 5.37. The molecule has 34 heavy (non-hydrogen) atoms. The van der Waals surface area contributed by atoms with Crippen LogP contribution in [0.5, 0.6) is 0 Å². The molecule has 1 amide bonds. The second-order valence-electron chi connectivity index (χ2n) is 9.62. The zero-order chi connectivity index (χ0) is 22.9. The Kier molecular flexibility index (Phi) is 14.2. The van der Waals surface area contributed by atoms with Gasteiger partial charge in [0.15, 0.2) is 5.96 Å².